The molecule has 0 bridgehead atoms. The number of benzene rings is 2. The maximum atomic E-state index is 13.4. The highest BCUT2D eigenvalue weighted by molar-refractivity contribution is 7.92. The zero-order chi connectivity index (χ0) is 22.3. The first-order valence-corrected chi connectivity index (χ1v) is 12.5. The van der Waals surface area contributed by atoms with E-state index in [4.69, 9.17) is 16.3 Å². The third-order valence-electron chi connectivity index (χ3n) is 5.34. The van der Waals surface area contributed by atoms with Crippen LogP contribution < -0.4 is 14.4 Å². The molecule has 3 rings (SSSR count). The summed E-state index contributed by atoms with van der Waals surface area (Å²) >= 11 is 5.93. The summed E-state index contributed by atoms with van der Waals surface area (Å²) in [7, 11) is -3.97. The highest BCUT2D eigenvalue weighted by Crippen LogP contribution is 2.27. The summed E-state index contributed by atoms with van der Waals surface area (Å²) in [5.74, 6) is 0.330. The number of carbonyl (C=O) groups is 1. The van der Waals surface area contributed by atoms with Crippen LogP contribution >= 0.6 is 11.6 Å². The van der Waals surface area contributed by atoms with Crippen molar-refractivity contribution in [1.29, 1.82) is 0 Å². The lowest BCUT2D eigenvalue weighted by Crippen LogP contribution is -2.44. The van der Waals surface area contributed by atoms with E-state index < -0.39 is 10.0 Å². The Balaban J connectivity index is 1.86. The highest BCUT2D eigenvalue weighted by Gasteiger charge is 2.28. The van der Waals surface area contributed by atoms with Crippen LogP contribution in [0.3, 0.4) is 0 Å². The summed E-state index contributed by atoms with van der Waals surface area (Å²) in [5, 5.41) is 3.47. The molecule has 1 amide bonds. The summed E-state index contributed by atoms with van der Waals surface area (Å²) in [6.07, 6.45) is 6.37. The van der Waals surface area contributed by atoms with Crippen molar-refractivity contribution in [3.05, 3.63) is 53.6 Å². The molecule has 1 aliphatic carbocycles. The van der Waals surface area contributed by atoms with Crippen LogP contribution in [-0.2, 0) is 14.8 Å². The third-order valence-corrected chi connectivity index (χ3v) is 7.38. The number of amides is 1. The Morgan fingerprint density at radius 3 is 2.23 bits per heavy atom. The van der Waals surface area contributed by atoms with Gasteiger partial charge in [0, 0.05) is 11.1 Å². The average molecular weight is 465 g/mol. The number of hydrogen-bond acceptors (Lipinski definition) is 4. The van der Waals surface area contributed by atoms with Gasteiger partial charge in [-0.3, -0.25) is 9.10 Å². The van der Waals surface area contributed by atoms with E-state index in [9.17, 15) is 13.2 Å². The second-order valence-corrected chi connectivity index (χ2v) is 9.95. The van der Waals surface area contributed by atoms with Crippen molar-refractivity contribution in [2.75, 3.05) is 17.5 Å². The van der Waals surface area contributed by atoms with Gasteiger partial charge in [-0.25, -0.2) is 8.42 Å². The number of halogens is 1. The predicted molar refractivity (Wildman–Crippen MR) is 123 cm³/mol. The number of carbonyl (C=O) groups excluding carboxylic acids is 1. The molecule has 1 fully saturated rings. The van der Waals surface area contributed by atoms with Gasteiger partial charge in [-0.05, 0) is 68.3 Å². The van der Waals surface area contributed by atoms with Crippen molar-refractivity contribution < 1.29 is 17.9 Å². The molecule has 0 aromatic heterocycles. The molecule has 0 unspecified atom stereocenters. The molecule has 6 nitrogen and oxygen atoms in total. The van der Waals surface area contributed by atoms with Gasteiger partial charge >= 0.3 is 0 Å². The van der Waals surface area contributed by atoms with E-state index in [2.05, 4.69) is 5.32 Å². The number of nitrogens with zero attached hydrogens (tertiary/aromatic N) is 1. The average Bonchev–Trinajstić information content (AvgIpc) is 3.02. The smallest absolute Gasteiger partial charge is 0.264 e. The van der Waals surface area contributed by atoms with Gasteiger partial charge in [0.15, 0.2) is 0 Å². The van der Waals surface area contributed by atoms with Crippen molar-refractivity contribution in [3.8, 4) is 5.75 Å². The Bertz CT molecular complexity index is 954. The molecule has 0 atom stereocenters. The molecule has 0 heterocycles. The van der Waals surface area contributed by atoms with E-state index in [1.54, 1.807) is 24.3 Å². The Kier molecular flexibility index (Phi) is 8.21. The van der Waals surface area contributed by atoms with Crippen LogP contribution in [0.4, 0.5) is 5.69 Å². The van der Waals surface area contributed by atoms with E-state index in [0.717, 1.165) is 30.0 Å². The van der Waals surface area contributed by atoms with Gasteiger partial charge in [-0.1, -0.05) is 37.3 Å². The summed E-state index contributed by atoms with van der Waals surface area (Å²) < 4.78 is 33.4. The topological polar surface area (TPSA) is 75.7 Å². The first-order chi connectivity index (χ1) is 14.9. The minimum Gasteiger partial charge on any atom is -0.494 e. The molecule has 0 radical (unpaired) electrons. The van der Waals surface area contributed by atoms with Gasteiger partial charge in [-0.2, -0.15) is 0 Å². The van der Waals surface area contributed by atoms with Gasteiger partial charge in [-0.15, -0.1) is 0 Å². The molecule has 1 aliphatic rings. The lowest BCUT2D eigenvalue weighted by molar-refractivity contribution is -0.120. The molecule has 8 heteroatoms. The number of anilines is 1. The molecule has 0 spiro atoms. The quantitative estimate of drug-likeness (QED) is 0.571. The van der Waals surface area contributed by atoms with Crippen LogP contribution in [0, 0.1) is 0 Å². The predicted octanol–water partition coefficient (Wildman–Crippen LogP) is 4.77. The molecule has 0 aliphatic heterocycles. The zero-order valence-electron chi connectivity index (χ0n) is 17.7. The number of nitrogens with one attached hydrogen (secondary N) is 1. The van der Waals surface area contributed by atoms with E-state index in [0.29, 0.717) is 23.1 Å². The summed E-state index contributed by atoms with van der Waals surface area (Å²) in [6, 6.07) is 12.7. The Labute approximate surface area is 189 Å². The minimum absolute atomic E-state index is 0.0769. The molecule has 2 aromatic carbocycles. The third kappa shape index (κ3) is 6.37. The maximum absolute atomic E-state index is 13.4. The molecular formula is C23H29ClN2O4S. The number of sulfonamides is 1. The van der Waals surface area contributed by atoms with Crippen LogP contribution in [0.25, 0.3) is 0 Å². The number of hydrogen-bond donors (Lipinski definition) is 1. The lowest BCUT2D eigenvalue weighted by Gasteiger charge is -2.25. The fourth-order valence-corrected chi connectivity index (χ4v) is 5.30. The summed E-state index contributed by atoms with van der Waals surface area (Å²) in [6.45, 7) is 2.09. The van der Waals surface area contributed by atoms with Crippen molar-refractivity contribution >= 4 is 33.2 Å². The molecule has 31 heavy (non-hydrogen) atoms. The van der Waals surface area contributed by atoms with E-state index in [1.165, 1.54) is 37.1 Å². The van der Waals surface area contributed by atoms with Crippen molar-refractivity contribution in [1.82, 2.24) is 5.32 Å². The largest absolute Gasteiger partial charge is 0.494 e. The second kappa shape index (κ2) is 10.9. The zero-order valence-corrected chi connectivity index (χ0v) is 19.3. The fourth-order valence-electron chi connectivity index (χ4n) is 3.75. The van der Waals surface area contributed by atoms with Gasteiger partial charge in [0.1, 0.15) is 12.3 Å². The second-order valence-electron chi connectivity index (χ2n) is 7.65. The normalized spacial score (nSPS) is 15.2. The Hall–Kier alpha value is -2.25. The van der Waals surface area contributed by atoms with Crippen molar-refractivity contribution in [3.63, 3.8) is 0 Å². The van der Waals surface area contributed by atoms with Gasteiger partial charge in [0.05, 0.1) is 17.2 Å². The van der Waals surface area contributed by atoms with Gasteiger partial charge in [0.25, 0.3) is 10.0 Å². The van der Waals surface area contributed by atoms with Crippen LogP contribution in [0.1, 0.15) is 45.4 Å². The van der Waals surface area contributed by atoms with E-state index in [-0.39, 0.29) is 23.4 Å². The molecule has 0 saturated heterocycles. The first kappa shape index (κ1) is 23.4. The summed E-state index contributed by atoms with van der Waals surface area (Å²) in [4.78, 5) is 12.9. The molecule has 1 saturated carbocycles. The monoisotopic (exact) mass is 464 g/mol. The van der Waals surface area contributed by atoms with Crippen LogP contribution in [0.15, 0.2) is 53.4 Å². The summed E-state index contributed by atoms with van der Waals surface area (Å²) in [5.41, 5.74) is 0.398. The molecule has 2 aromatic rings. The molecule has 1 N–H and O–H groups in total. The van der Waals surface area contributed by atoms with Crippen LogP contribution in [-0.4, -0.2) is 33.5 Å². The lowest BCUT2D eigenvalue weighted by atomic mass is 10.1. The SMILES string of the molecule is CCOc1ccc(N(CC(=O)NC2CCCCCC2)S(=O)(=O)c2ccc(Cl)cc2)cc1. The highest BCUT2D eigenvalue weighted by atomic mass is 35.5. The molecule has 168 valence electrons. The van der Waals surface area contributed by atoms with Crippen LogP contribution in [0.2, 0.25) is 5.02 Å². The number of ether oxygens (including phenoxy) is 1. The van der Waals surface area contributed by atoms with Crippen LogP contribution in [0.5, 0.6) is 5.75 Å². The maximum Gasteiger partial charge on any atom is 0.264 e. The Morgan fingerprint density at radius 2 is 1.65 bits per heavy atom. The Morgan fingerprint density at radius 1 is 1.03 bits per heavy atom. The van der Waals surface area contributed by atoms with E-state index >= 15 is 0 Å². The van der Waals surface area contributed by atoms with Gasteiger partial charge < -0.3 is 10.1 Å². The number of rotatable bonds is 8. The molecular weight excluding hydrogens is 436 g/mol. The van der Waals surface area contributed by atoms with Crippen molar-refractivity contribution in [2.24, 2.45) is 0 Å². The first-order valence-electron chi connectivity index (χ1n) is 10.7. The van der Waals surface area contributed by atoms with E-state index in [1.807, 2.05) is 6.92 Å². The standard InChI is InChI=1S/C23H29ClN2O4S/c1-2-30-21-13-11-20(12-14-21)26(31(28,29)22-15-9-18(24)10-16-22)17-23(27)25-19-7-5-3-4-6-8-19/h9-16,19H,2-8,17H2,1H3,(H,25,27). The van der Waals surface area contributed by atoms with Crippen molar-refractivity contribution in [2.45, 2.75) is 56.4 Å². The van der Waals surface area contributed by atoms with Gasteiger partial charge in [0.2, 0.25) is 5.91 Å². The minimum atomic E-state index is -3.97. The fraction of sp³-hybridized carbons (Fsp3) is 0.435.